The largest absolute Gasteiger partial charge is 0.493 e. The van der Waals surface area contributed by atoms with Crippen LogP contribution in [0, 0.1) is 0 Å². The minimum Gasteiger partial charge on any atom is -0.493 e. The van der Waals surface area contributed by atoms with Crippen LogP contribution in [0.15, 0.2) is 57.2 Å². The zero-order valence-electron chi connectivity index (χ0n) is 17.6. The van der Waals surface area contributed by atoms with Crippen molar-refractivity contribution in [3.63, 3.8) is 0 Å². The Morgan fingerprint density at radius 2 is 1.94 bits per heavy atom. The van der Waals surface area contributed by atoms with Gasteiger partial charge in [-0.3, -0.25) is 9.59 Å². The van der Waals surface area contributed by atoms with Gasteiger partial charge in [-0.2, -0.15) is 0 Å². The van der Waals surface area contributed by atoms with E-state index in [0.717, 1.165) is 22.8 Å². The number of hydrogen-bond acceptors (Lipinski definition) is 4. The van der Waals surface area contributed by atoms with Gasteiger partial charge in [-0.25, -0.2) is 0 Å². The van der Waals surface area contributed by atoms with E-state index in [-0.39, 0.29) is 29.8 Å². The predicted molar refractivity (Wildman–Crippen MR) is 129 cm³/mol. The molecule has 0 saturated carbocycles. The monoisotopic (exact) mass is 518 g/mol. The number of benzene rings is 2. The van der Waals surface area contributed by atoms with Gasteiger partial charge in [0.25, 0.3) is 11.8 Å². The number of aryl methyl sites for hydroxylation is 1. The Morgan fingerprint density at radius 3 is 2.69 bits per heavy atom. The van der Waals surface area contributed by atoms with Gasteiger partial charge in [0.05, 0.1) is 11.1 Å². The molecule has 32 heavy (non-hydrogen) atoms. The lowest BCUT2D eigenvalue weighted by Gasteiger charge is -2.06. The van der Waals surface area contributed by atoms with Crippen molar-refractivity contribution in [1.82, 2.24) is 9.88 Å². The first-order chi connectivity index (χ1) is 15.4. The first-order valence-electron chi connectivity index (χ1n) is 10.4. The third kappa shape index (κ3) is 5.75. The van der Waals surface area contributed by atoms with Crippen molar-refractivity contribution in [2.75, 3.05) is 6.54 Å². The molecule has 1 heterocycles. The Kier molecular flexibility index (Phi) is 8.41. The van der Waals surface area contributed by atoms with Gasteiger partial charge in [0.15, 0.2) is 5.69 Å². The van der Waals surface area contributed by atoms with Gasteiger partial charge < -0.3 is 15.0 Å². The molecule has 168 valence electrons. The van der Waals surface area contributed by atoms with E-state index in [1.807, 2.05) is 25.1 Å². The molecule has 0 bridgehead atoms. The molecule has 0 aliphatic carbocycles. The number of aromatic nitrogens is 1. The van der Waals surface area contributed by atoms with Crippen LogP contribution < -0.4 is 5.32 Å². The van der Waals surface area contributed by atoms with Gasteiger partial charge in [-0.1, -0.05) is 30.2 Å². The summed E-state index contributed by atoms with van der Waals surface area (Å²) in [7, 11) is 0. The van der Waals surface area contributed by atoms with Crippen LogP contribution in [0.1, 0.15) is 43.0 Å². The Balaban J connectivity index is 1.47. The van der Waals surface area contributed by atoms with Crippen LogP contribution in [-0.4, -0.2) is 28.0 Å². The van der Waals surface area contributed by atoms with Gasteiger partial charge in [-0.15, -0.1) is 10.2 Å². The van der Waals surface area contributed by atoms with E-state index in [1.54, 1.807) is 28.8 Å². The second kappa shape index (κ2) is 11.2. The summed E-state index contributed by atoms with van der Waals surface area (Å²) in [5.41, 5.74) is 1.62. The molecule has 0 aliphatic rings. The highest BCUT2D eigenvalue weighted by Gasteiger charge is 2.16. The van der Waals surface area contributed by atoms with Crippen LogP contribution >= 0.6 is 27.5 Å². The number of hydrogen-bond donors (Lipinski definition) is 2. The lowest BCUT2D eigenvalue weighted by Crippen LogP contribution is -2.24. The summed E-state index contributed by atoms with van der Waals surface area (Å²) in [4.78, 5) is 24.3. The first-order valence-corrected chi connectivity index (χ1v) is 11.6. The van der Waals surface area contributed by atoms with Crippen molar-refractivity contribution < 1.29 is 14.7 Å². The number of halogens is 2. The second-order valence-corrected chi connectivity index (χ2v) is 8.51. The predicted octanol–water partition coefficient (Wildman–Crippen LogP) is 6.38. The second-order valence-electron chi connectivity index (χ2n) is 7.22. The molecule has 0 radical (unpaired) electrons. The average Bonchev–Trinajstić information content (AvgIpc) is 3.04. The standard InChI is InChI=1S/C23H24BrClN4O3/c1-2-29-19-12-11-15(25)14-17(19)21(23(29)32)28-27-20(30)10-4-3-7-13-26-22(31)16-8-5-6-9-18(16)24/h5-6,8-9,11-12,14,32H,2-4,7,10,13H2,1H3,(H,26,31). The number of unbranched alkanes of at least 4 members (excludes halogenated alkanes) is 2. The molecule has 2 amide bonds. The average molecular weight is 520 g/mol. The molecular formula is C23H24BrClN4O3. The van der Waals surface area contributed by atoms with Crippen LogP contribution in [0.3, 0.4) is 0 Å². The van der Waals surface area contributed by atoms with Crippen molar-refractivity contribution >= 4 is 55.9 Å². The molecule has 1 aromatic heterocycles. The van der Waals surface area contributed by atoms with E-state index in [2.05, 4.69) is 31.5 Å². The van der Waals surface area contributed by atoms with E-state index in [4.69, 9.17) is 11.6 Å². The maximum atomic E-state index is 12.1. The molecule has 0 unspecified atom stereocenters. The summed E-state index contributed by atoms with van der Waals surface area (Å²) in [6, 6.07) is 12.5. The highest BCUT2D eigenvalue weighted by atomic mass is 79.9. The zero-order valence-corrected chi connectivity index (χ0v) is 20.0. The molecule has 0 aliphatic heterocycles. The van der Waals surface area contributed by atoms with Gasteiger partial charge in [-0.05, 0) is 66.0 Å². The van der Waals surface area contributed by atoms with Gasteiger partial charge in [0, 0.05) is 34.4 Å². The van der Waals surface area contributed by atoms with Crippen molar-refractivity contribution in [1.29, 1.82) is 0 Å². The van der Waals surface area contributed by atoms with Gasteiger partial charge >= 0.3 is 0 Å². The van der Waals surface area contributed by atoms with Crippen molar-refractivity contribution in [3.8, 4) is 5.88 Å². The Morgan fingerprint density at radius 1 is 1.16 bits per heavy atom. The summed E-state index contributed by atoms with van der Waals surface area (Å²) in [6.45, 7) is 2.98. The number of rotatable bonds is 9. The van der Waals surface area contributed by atoms with Crippen LogP contribution in [0.4, 0.5) is 5.69 Å². The van der Waals surface area contributed by atoms with Crippen LogP contribution in [0.5, 0.6) is 5.88 Å². The van der Waals surface area contributed by atoms with Crippen molar-refractivity contribution in [2.24, 2.45) is 10.2 Å². The summed E-state index contributed by atoms with van der Waals surface area (Å²) in [5.74, 6) is -0.531. The molecule has 7 nitrogen and oxygen atoms in total. The number of azo groups is 1. The lowest BCUT2D eigenvalue weighted by atomic mass is 10.2. The summed E-state index contributed by atoms with van der Waals surface area (Å²) in [6.07, 6.45) is 2.41. The lowest BCUT2D eigenvalue weighted by molar-refractivity contribution is -0.118. The van der Waals surface area contributed by atoms with Crippen LogP contribution in [-0.2, 0) is 11.3 Å². The van der Waals surface area contributed by atoms with Crippen LogP contribution in [0.25, 0.3) is 10.9 Å². The number of nitrogens with zero attached hydrogens (tertiary/aromatic N) is 3. The number of amides is 2. The summed E-state index contributed by atoms with van der Waals surface area (Å²) < 4.78 is 2.44. The Bertz CT molecular complexity index is 1160. The molecule has 2 aromatic carbocycles. The molecule has 0 atom stereocenters. The number of aromatic hydroxyl groups is 1. The van der Waals surface area contributed by atoms with Gasteiger partial charge in [0.2, 0.25) is 5.88 Å². The minimum absolute atomic E-state index is 0.0397. The first kappa shape index (κ1) is 23.9. The topological polar surface area (TPSA) is 96.0 Å². The fourth-order valence-electron chi connectivity index (χ4n) is 3.39. The van der Waals surface area contributed by atoms with E-state index < -0.39 is 0 Å². The summed E-state index contributed by atoms with van der Waals surface area (Å²) >= 11 is 9.44. The third-order valence-corrected chi connectivity index (χ3v) is 5.95. The molecule has 2 N–H and O–H groups in total. The molecule has 0 fully saturated rings. The maximum absolute atomic E-state index is 12.1. The molecule has 3 rings (SSSR count). The number of carbonyl (C=O) groups is 2. The van der Waals surface area contributed by atoms with Crippen molar-refractivity contribution in [2.45, 2.75) is 39.2 Å². The number of nitrogens with one attached hydrogen (secondary N) is 1. The Hall–Kier alpha value is -2.71. The fraction of sp³-hybridized carbons (Fsp3) is 0.304. The summed E-state index contributed by atoms with van der Waals surface area (Å²) in [5, 5.41) is 22.3. The molecule has 0 spiro atoms. The SMILES string of the molecule is CCn1c(O)c(N=NC(=O)CCCCCNC(=O)c2ccccc2Br)c2cc(Cl)ccc21. The highest BCUT2D eigenvalue weighted by molar-refractivity contribution is 9.10. The molecule has 3 aromatic rings. The van der Waals surface area contributed by atoms with Gasteiger partial charge in [0.1, 0.15) is 0 Å². The number of fused-ring (bicyclic) bond motifs is 1. The minimum atomic E-state index is -0.360. The van der Waals surface area contributed by atoms with Crippen molar-refractivity contribution in [3.05, 3.63) is 57.5 Å². The molecular weight excluding hydrogens is 496 g/mol. The smallest absolute Gasteiger partial charge is 0.264 e. The van der Waals surface area contributed by atoms with E-state index >= 15 is 0 Å². The number of carbonyl (C=O) groups excluding carboxylic acids is 2. The van der Waals surface area contributed by atoms with E-state index in [0.29, 0.717) is 35.5 Å². The Labute approximate surface area is 199 Å². The fourth-order valence-corrected chi connectivity index (χ4v) is 4.03. The van der Waals surface area contributed by atoms with E-state index in [1.165, 1.54) is 0 Å². The van der Waals surface area contributed by atoms with Crippen LogP contribution in [0.2, 0.25) is 5.02 Å². The normalized spacial score (nSPS) is 11.3. The zero-order chi connectivity index (χ0) is 23.1. The highest BCUT2D eigenvalue weighted by Crippen LogP contribution is 2.39. The molecule has 9 heteroatoms. The van der Waals surface area contributed by atoms with E-state index in [9.17, 15) is 14.7 Å². The third-order valence-electron chi connectivity index (χ3n) is 5.02. The quantitative estimate of drug-likeness (QED) is 0.253. The maximum Gasteiger partial charge on any atom is 0.264 e. The molecule has 0 saturated heterocycles.